The molecule has 1 aromatic rings. The highest BCUT2D eigenvalue weighted by molar-refractivity contribution is 5.38. The van der Waals surface area contributed by atoms with Gasteiger partial charge in [-0.1, -0.05) is 12.5 Å². The summed E-state index contributed by atoms with van der Waals surface area (Å²) >= 11 is 0. The molecule has 3 heteroatoms. The molecule has 0 spiro atoms. The fourth-order valence-corrected chi connectivity index (χ4v) is 2.01. The number of ether oxygens (including phenoxy) is 1. The molecule has 0 saturated heterocycles. The summed E-state index contributed by atoms with van der Waals surface area (Å²) in [6.07, 6.45) is 4.07. The van der Waals surface area contributed by atoms with Crippen molar-refractivity contribution in [3.05, 3.63) is 18.2 Å². The largest absolute Gasteiger partial charge is 0.478 e. The summed E-state index contributed by atoms with van der Waals surface area (Å²) in [6.45, 7) is 4.87. The van der Waals surface area contributed by atoms with Crippen LogP contribution in [-0.2, 0) is 0 Å². The summed E-state index contributed by atoms with van der Waals surface area (Å²) in [4.78, 5) is 4.41. The number of hydrogen-bond donors (Lipinski definition) is 1. The minimum atomic E-state index is 0.512. The van der Waals surface area contributed by atoms with Crippen LogP contribution in [0.4, 0.5) is 5.82 Å². The van der Waals surface area contributed by atoms with Crippen molar-refractivity contribution < 1.29 is 4.74 Å². The second-order valence-corrected chi connectivity index (χ2v) is 4.42. The lowest BCUT2D eigenvalue weighted by molar-refractivity contribution is 0.284. The fraction of sp³-hybridized carbons (Fsp3) is 0.615. The maximum Gasteiger partial charge on any atom is 0.215 e. The maximum absolute atomic E-state index is 5.38. The normalized spacial score (nSPS) is 17.6. The third kappa shape index (κ3) is 2.65. The Hall–Kier alpha value is -1.25. The zero-order valence-corrected chi connectivity index (χ0v) is 10.1. The molecule has 1 saturated carbocycles. The molecule has 1 aromatic heterocycles. The van der Waals surface area contributed by atoms with Gasteiger partial charge in [0, 0.05) is 12.1 Å². The van der Waals surface area contributed by atoms with E-state index in [0.29, 0.717) is 18.5 Å². The molecule has 16 heavy (non-hydrogen) atoms. The monoisotopic (exact) mass is 220 g/mol. The lowest BCUT2D eigenvalue weighted by atomic mass is 9.80. The molecule has 88 valence electrons. The van der Waals surface area contributed by atoms with Gasteiger partial charge < -0.3 is 10.1 Å². The predicted molar refractivity (Wildman–Crippen MR) is 65.8 cm³/mol. The smallest absolute Gasteiger partial charge is 0.215 e. The SMILES string of the molecule is CCOc1cccc(NC(C)C2CCC2)n1. The number of hydrogen-bond acceptors (Lipinski definition) is 3. The average Bonchev–Trinajstić information content (AvgIpc) is 2.15. The molecule has 1 atom stereocenters. The van der Waals surface area contributed by atoms with E-state index >= 15 is 0 Å². The van der Waals surface area contributed by atoms with E-state index in [2.05, 4.69) is 17.2 Å². The summed E-state index contributed by atoms with van der Waals surface area (Å²) in [5.41, 5.74) is 0. The van der Waals surface area contributed by atoms with Crippen molar-refractivity contribution in [2.75, 3.05) is 11.9 Å². The average molecular weight is 220 g/mol. The van der Waals surface area contributed by atoms with Gasteiger partial charge in [-0.15, -0.1) is 0 Å². The minimum absolute atomic E-state index is 0.512. The molecule has 1 aliphatic rings. The summed E-state index contributed by atoms with van der Waals surface area (Å²) < 4.78 is 5.38. The third-order valence-corrected chi connectivity index (χ3v) is 3.25. The van der Waals surface area contributed by atoms with Crippen LogP contribution < -0.4 is 10.1 Å². The molecule has 0 aromatic carbocycles. The van der Waals surface area contributed by atoms with Gasteiger partial charge in [-0.3, -0.25) is 0 Å². The Balaban J connectivity index is 1.94. The molecule has 0 amide bonds. The quantitative estimate of drug-likeness (QED) is 0.828. The number of pyridine rings is 1. The molecular formula is C13H20N2O. The van der Waals surface area contributed by atoms with Crippen LogP contribution in [0.5, 0.6) is 5.88 Å². The Bertz CT molecular complexity index is 336. The van der Waals surface area contributed by atoms with Crippen molar-refractivity contribution in [3.8, 4) is 5.88 Å². The van der Waals surface area contributed by atoms with Crippen molar-refractivity contribution in [1.82, 2.24) is 4.98 Å². The van der Waals surface area contributed by atoms with Crippen LogP contribution in [0.1, 0.15) is 33.1 Å². The number of anilines is 1. The van der Waals surface area contributed by atoms with Crippen LogP contribution in [0.25, 0.3) is 0 Å². The Morgan fingerprint density at radius 1 is 1.50 bits per heavy atom. The van der Waals surface area contributed by atoms with Gasteiger partial charge in [0.1, 0.15) is 5.82 Å². The first-order valence-corrected chi connectivity index (χ1v) is 6.16. The van der Waals surface area contributed by atoms with Gasteiger partial charge in [0.05, 0.1) is 6.61 Å². The highest BCUT2D eigenvalue weighted by atomic mass is 16.5. The minimum Gasteiger partial charge on any atom is -0.478 e. The van der Waals surface area contributed by atoms with Crippen molar-refractivity contribution in [2.45, 2.75) is 39.2 Å². The van der Waals surface area contributed by atoms with E-state index in [1.54, 1.807) is 0 Å². The van der Waals surface area contributed by atoms with Crippen LogP contribution in [0.15, 0.2) is 18.2 Å². The third-order valence-electron chi connectivity index (χ3n) is 3.25. The van der Waals surface area contributed by atoms with E-state index < -0.39 is 0 Å². The van der Waals surface area contributed by atoms with Gasteiger partial charge in [-0.25, -0.2) is 0 Å². The summed E-state index contributed by atoms with van der Waals surface area (Å²) in [5.74, 6) is 2.44. The molecule has 2 rings (SSSR count). The second-order valence-electron chi connectivity index (χ2n) is 4.42. The molecule has 1 aliphatic carbocycles. The Morgan fingerprint density at radius 2 is 2.31 bits per heavy atom. The molecule has 1 heterocycles. The molecule has 0 radical (unpaired) electrons. The molecule has 0 aliphatic heterocycles. The highest BCUT2D eigenvalue weighted by Gasteiger charge is 2.23. The fourth-order valence-electron chi connectivity index (χ4n) is 2.01. The van der Waals surface area contributed by atoms with Crippen molar-refractivity contribution in [1.29, 1.82) is 0 Å². The summed E-state index contributed by atoms with van der Waals surface area (Å²) in [7, 11) is 0. The molecule has 1 unspecified atom stereocenters. The number of rotatable bonds is 5. The number of nitrogens with zero attached hydrogens (tertiary/aromatic N) is 1. The van der Waals surface area contributed by atoms with Crippen molar-refractivity contribution in [2.24, 2.45) is 5.92 Å². The van der Waals surface area contributed by atoms with Crippen LogP contribution in [-0.4, -0.2) is 17.6 Å². The standard InChI is InChI=1S/C13H20N2O/c1-3-16-13-9-5-8-12(15-13)14-10(2)11-6-4-7-11/h5,8-11H,3-4,6-7H2,1-2H3,(H,14,15). The first kappa shape index (κ1) is 11.2. The van der Waals surface area contributed by atoms with Gasteiger partial charge in [0.25, 0.3) is 0 Å². The zero-order valence-electron chi connectivity index (χ0n) is 10.1. The Morgan fingerprint density at radius 3 is 2.94 bits per heavy atom. The van der Waals surface area contributed by atoms with Gasteiger partial charge in [-0.05, 0) is 38.7 Å². The summed E-state index contributed by atoms with van der Waals surface area (Å²) in [5, 5.41) is 3.45. The van der Waals surface area contributed by atoms with E-state index in [4.69, 9.17) is 4.74 Å². The molecule has 3 nitrogen and oxygen atoms in total. The lowest BCUT2D eigenvalue weighted by Crippen LogP contribution is -2.31. The van der Waals surface area contributed by atoms with Crippen molar-refractivity contribution >= 4 is 5.82 Å². The number of nitrogens with one attached hydrogen (secondary N) is 1. The van der Waals surface area contributed by atoms with Crippen molar-refractivity contribution in [3.63, 3.8) is 0 Å². The predicted octanol–water partition coefficient (Wildman–Crippen LogP) is 3.08. The zero-order chi connectivity index (χ0) is 11.4. The molecular weight excluding hydrogens is 200 g/mol. The van der Waals surface area contributed by atoms with E-state index in [9.17, 15) is 0 Å². The molecule has 1 fully saturated rings. The van der Waals surface area contributed by atoms with E-state index in [-0.39, 0.29) is 0 Å². The summed E-state index contributed by atoms with van der Waals surface area (Å²) in [6, 6.07) is 6.38. The first-order valence-electron chi connectivity index (χ1n) is 6.16. The van der Waals surface area contributed by atoms with Crippen LogP contribution >= 0.6 is 0 Å². The first-order chi connectivity index (χ1) is 7.79. The van der Waals surface area contributed by atoms with Crippen LogP contribution in [0.2, 0.25) is 0 Å². The van der Waals surface area contributed by atoms with Crippen LogP contribution in [0.3, 0.4) is 0 Å². The second kappa shape index (κ2) is 5.19. The van der Waals surface area contributed by atoms with E-state index in [1.165, 1.54) is 19.3 Å². The van der Waals surface area contributed by atoms with Gasteiger partial charge in [0.2, 0.25) is 5.88 Å². The van der Waals surface area contributed by atoms with Gasteiger partial charge >= 0.3 is 0 Å². The lowest BCUT2D eigenvalue weighted by Gasteiger charge is -2.32. The molecule has 1 N–H and O–H groups in total. The molecule has 0 bridgehead atoms. The van der Waals surface area contributed by atoms with Gasteiger partial charge in [-0.2, -0.15) is 4.98 Å². The highest BCUT2D eigenvalue weighted by Crippen LogP contribution is 2.30. The van der Waals surface area contributed by atoms with Crippen LogP contribution in [0, 0.1) is 5.92 Å². The Kier molecular flexibility index (Phi) is 3.65. The number of aromatic nitrogens is 1. The van der Waals surface area contributed by atoms with E-state index in [1.807, 2.05) is 25.1 Å². The van der Waals surface area contributed by atoms with E-state index in [0.717, 1.165) is 11.7 Å². The Labute approximate surface area is 97.2 Å². The topological polar surface area (TPSA) is 34.1 Å². The maximum atomic E-state index is 5.38. The van der Waals surface area contributed by atoms with Gasteiger partial charge in [0.15, 0.2) is 0 Å².